The minimum Gasteiger partial charge on any atom is -0.363 e. The van der Waals surface area contributed by atoms with E-state index >= 15 is 0 Å². The maximum absolute atomic E-state index is 9.34. The minimum atomic E-state index is 0.352. The number of thiophene rings is 1. The molecule has 0 N–H and O–H groups in total. The maximum Gasteiger partial charge on any atom is 0.101 e. The Morgan fingerprint density at radius 2 is 2.21 bits per heavy atom. The van der Waals surface area contributed by atoms with Crippen LogP contribution >= 0.6 is 11.3 Å². The van der Waals surface area contributed by atoms with Gasteiger partial charge in [0.05, 0.1) is 17.3 Å². The predicted octanol–water partition coefficient (Wildman–Crippen LogP) is 4.05. The molecule has 1 aromatic carbocycles. The first-order valence-corrected chi connectivity index (χ1v) is 7.42. The number of rotatable bonds is 1. The highest BCUT2D eigenvalue weighted by Crippen LogP contribution is 2.37. The summed E-state index contributed by atoms with van der Waals surface area (Å²) >= 11 is 1.85. The molecule has 1 atom stereocenters. The van der Waals surface area contributed by atoms with E-state index in [1.54, 1.807) is 0 Å². The number of nitriles is 1. The summed E-state index contributed by atoms with van der Waals surface area (Å²) in [7, 11) is 0. The van der Waals surface area contributed by atoms with E-state index in [2.05, 4.69) is 41.5 Å². The first-order chi connectivity index (χ1) is 9.20. The number of hydrogen-bond donors (Lipinski definition) is 0. The summed E-state index contributed by atoms with van der Waals surface area (Å²) in [5, 5.41) is 11.5. The second-order valence-electron chi connectivity index (χ2n) is 5.05. The Hall–Kier alpha value is -1.79. The van der Waals surface area contributed by atoms with Gasteiger partial charge >= 0.3 is 0 Å². The van der Waals surface area contributed by atoms with Crippen molar-refractivity contribution in [1.82, 2.24) is 0 Å². The molecule has 96 valence electrons. The van der Waals surface area contributed by atoms with Crippen LogP contribution in [0.4, 0.5) is 5.69 Å². The molecular formula is C16H16N2S. The van der Waals surface area contributed by atoms with Gasteiger partial charge in [-0.1, -0.05) is 6.07 Å². The van der Waals surface area contributed by atoms with Crippen molar-refractivity contribution in [3.8, 4) is 6.07 Å². The molecule has 0 bridgehead atoms. The van der Waals surface area contributed by atoms with Gasteiger partial charge in [-0.2, -0.15) is 5.26 Å². The third-order valence-corrected chi connectivity index (χ3v) is 4.86. The summed E-state index contributed by atoms with van der Waals surface area (Å²) < 4.78 is 0. The first kappa shape index (κ1) is 12.3. The molecule has 2 aromatic rings. The van der Waals surface area contributed by atoms with Crippen LogP contribution < -0.4 is 4.90 Å². The zero-order valence-corrected chi connectivity index (χ0v) is 12.0. The van der Waals surface area contributed by atoms with E-state index in [1.807, 2.05) is 24.3 Å². The van der Waals surface area contributed by atoms with E-state index < -0.39 is 0 Å². The molecule has 1 aromatic heterocycles. The van der Waals surface area contributed by atoms with E-state index in [1.165, 1.54) is 10.4 Å². The number of fused-ring (bicyclic) bond motifs is 1. The van der Waals surface area contributed by atoms with Gasteiger partial charge in [0.1, 0.15) is 6.07 Å². The average Bonchev–Trinajstić information content (AvgIpc) is 2.89. The van der Waals surface area contributed by atoms with E-state index in [0.717, 1.165) is 29.8 Å². The monoisotopic (exact) mass is 268 g/mol. The molecule has 0 saturated heterocycles. The van der Waals surface area contributed by atoms with Crippen LogP contribution in [0.1, 0.15) is 34.5 Å². The molecule has 1 aliphatic rings. The van der Waals surface area contributed by atoms with Crippen LogP contribution in [0.2, 0.25) is 0 Å². The summed E-state index contributed by atoms with van der Waals surface area (Å²) in [6.07, 6.45) is 1.08. The Morgan fingerprint density at radius 3 is 3.00 bits per heavy atom. The molecule has 0 radical (unpaired) electrons. The van der Waals surface area contributed by atoms with E-state index in [0.29, 0.717) is 6.04 Å². The highest BCUT2D eigenvalue weighted by Gasteiger charge is 2.26. The molecule has 1 unspecified atom stereocenters. The van der Waals surface area contributed by atoms with Crippen LogP contribution in [0.25, 0.3) is 0 Å². The van der Waals surface area contributed by atoms with Gasteiger partial charge in [0, 0.05) is 11.4 Å². The lowest BCUT2D eigenvalue weighted by atomic mass is 9.99. The van der Waals surface area contributed by atoms with Crippen molar-refractivity contribution in [2.45, 2.75) is 26.3 Å². The van der Waals surface area contributed by atoms with Gasteiger partial charge < -0.3 is 4.90 Å². The SMILES string of the molecule is Cc1ccc(N2CCc3sccc3C2C)c(C#N)c1. The summed E-state index contributed by atoms with van der Waals surface area (Å²) in [5.41, 5.74) is 4.41. The molecule has 0 aliphatic carbocycles. The molecule has 0 fully saturated rings. The van der Waals surface area contributed by atoms with Gasteiger partial charge in [0.2, 0.25) is 0 Å². The number of aryl methyl sites for hydroxylation is 1. The fourth-order valence-electron chi connectivity index (χ4n) is 2.83. The molecule has 2 nitrogen and oxygen atoms in total. The Bertz CT molecular complexity index is 651. The van der Waals surface area contributed by atoms with Gasteiger partial charge in [0.15, 0.2) is 0 Å². The predicted molar refractivity (Wildman–Crippen MR) is 79.7 cm³/mol. The van der Waals surface area contributed by atoms with Crippen molar-refractivity contribution in [3.05, 3.63) is 51.2 Å². The molecule has 2 heterocycles. The number of anilines is 1. The molecule has 3 rings (SSSR count). The molecule has 0 saturated carbocycles. The first-order valence-electron chi connectivity index (χ1n) is 6.54. The largest absolute Gasteiger partial charge is 0.363 e. The lowest BCUT2D eigenvalue weighted by Gasteiger charge is -2.36. The molecular weight excluding hydrogens is 252 g/mol. The van der Waals surface area contributed by atoms with Crippen LogP contribution in [0.3, 0.4) is 0 Å². The van der Waals surface area contributed by atoms with Crippen molar-refractivity contribution in [1.29, 1.82) is 5.26 Å². The molecule has 0 amide bonds. The fraction of sp³-hybridized carbons (Fsp3) is 0.312. The van der Waals surface area contributed by atoms with Crippen molar-refractivity contribution in [3.63, 3.8) is 0 Å². The Kier molecular flexibility index (Phi) is 3.04. The third kappa shape index (κ3) is 2.02. The summed E-state index contributed by atoms with van der Waals surface area (Å²) in [6, 6.07) is 11.1. The lowest BCUT2D eigenvalue weighted by molar-refractivity contribution is 0.632. The Labute approximate surface area is 117 Å². The van der Waals surface area contributed by atoms with Gasteiger partial charge in [0.25, 0.3) is 0 Å². The smallest absolute Gasteiger partial charge is 0.101 e. The topological polar surface area (TPSA) is 27.0 Å². The highest BCUT2D eigenvalue weighted by molar-refractivity contribution is 7.10. The number of hydrogen-bond acceptors (Lipinski definition) is 3. The molecule has 0 spiro atoms. The normalized spacial score (nSPS) is 17.9. The Morgan fingerprint density at radius 1 is 1.37 bits per heavy atom. The summed E-state index contributed by atoms with van der Waals surface area (Å²) in [6.45, 7) is 5.25. The van der Waals surface area contributed by atoms with Gasteiger partial charge in [-0.15, -0.1) is 11.3 Å². The number of nitrogens with zero attached hydrogens (tertiary/aromatic N) is 2. The molecule has 3 heteroatoms. The highest BCUT2D eigenvalue weighted by atomic mass is 32.1. The van der Waals surface area contributed by atoms with Crippen molar-refractivity contribution in [2.24, 2.45) is 0 Å². The minimum absolute atomic E-state index is 0.352. The van der Waals surface area contributed by atoms with Gasteiger partial charge in [-0.3, -0.25) is 0 Å². The molecule has 19 heavy (non-hydrogen) atoms. The van der Waals surface area contributed by atoms with Crippen molar-refractivity contribution in [2.75, 3.05) is 11.4 Å². The fourth-order valence-corrected chi connectivity index (χ4v) is 3.79. The van der Waals surface area contributed by atoms with Crippen LogP contribution in [-0.2, 0) is 6.42 Å². The van der Waals surface area contributed by atoms with Crippen molar-refractivity contribution < 1.29 is 0 Å². The zero-order chi connectivity index (χ0) is 13.4. The zero-order valence-electron chi connectivity index (χ0n) is 11.2. The lowest BCUT2D eigenvalue weighted by Crippen LogP contribution is -2.33. The molecule has 1 aliphatic heterocycles. The summed E-state index contributed by atoms with van der Waals surface area (Å²) in [5.74, 6) is 0. The quantitative estimate of drug-likeness (QED) is 0.780. The van der Waals surface area contributed by atoms with Crippen LogP contribution in [-0.4, -0.2) is 6.54 Å². The standard InChI is InChI=1S/C16H16N2S/c1-11-3-4-15(13(9-11)10-17)18-7-5-16-14(12(18)2)6-8-19-16/h3-4,6,8-9,12H,5,7H2,1-2H3. The van der Waals surface area contributed by atoms with Crippen LogP contribution in [0.5, 0.6) is 0 Å². The van der Waals surface area contributed by atoms with E-state index in [-0.39, 0.29) is 0 Å². The van der Waals surface area contributed by atoms with Crippen LogP contribution in [0, 0.1) is 18.3 Å². The summed E-state index contributed by atoms with van der Waals surface area (Å²) in [4.78, 5) is 3.85. The van der Waals surface area contributed by atoms with E-state index in [4.69, 9.17) is 0 Å². The Balaban J connectivity index is 2.03. The van der Waals surface area contributed by atoms with Gasteiger partial charge in [-0.25, -0.2) is 0 Å². The third-order valence-electron chi connectivity index (χ3n) is 3.86. The average molecular weight is 268 g/mol. The van der Waals surface area contributed by atoms with E-state index in [9.17, 15) is 5.26 Å². The maximum atomic E-state index is 9.34. The second-order valence-corrected chi connectivity index (χ2v) is 6.05. The van der Waals surface area contributed by atoms with Gasteiger partial charge in [-0.05, 0) is 55.0 Å². The second kappa shape index (κ2) is 4.71. The number of benzene rings is 1. The van der Waals surface area contributed by atoms with Crippen LogP contribution in [0.15, 0.2) is 29.6 Å². The van der Waals surface area contributed by atoms with Crippen molar-refractivity contribution >= 4 is 17.0 Å².